The average molecular weight is 254 g/mol. The molecular formula is C12H15FN2O3. The Morgan fingerprint density at radius 1 is 1.56 bits per heavy atom. The van der Waals surface area contributed by atoms with Gasteiger partial charge in [-0.15, -0.1) is 0 Å². The van der Waals surface area contributed by atoms with Crippen LogP contribution in [-0.2, 0) is 4.74 Å². The van der Waals surface area contributed by atoms with E-state index in [1.54, 1.807) is 0 Å². The highest BCUT2D eigenvalue weighted by atomic mass is 19.1. The molecule has 18 heavy (non-hydrogen) atoms. The number of hydrogen-bond acceptors (Lipinski definition) is 4. The third-order valence-electron chi connectivity index (χ3n) is 3.27. The van der Waals surface area contributed by atoms with Crippen LogP contribution in [0.15, 0.2) is 18.2 Å². The predicted octanol–water partition coefficient (Wildman–Crippen LogP) is 1.95. The van der Waals surface area contributed by atoms with Gasteiger partial charge in [-0.2, -0.15) is 0 Å². The number of benzene rings is 1. The van der Waals surface area contributed by atoms with Gasteiger partial charge in [-0.25, -0.2) is 4.39 Å². The van der Waals surface area contributed by atoms with Crippen molar-refractivity contribution in [3.63, 3.8) is 0 Å². The van der Waals surface area contributed by atoms with Crippen molar-refractivity contribution < 1.29 is 14.1 Å². The second kappa shape index (κ2) is 4.99. The van der Waals surface area contributed by atoms with Crippen LogP contribution in [0.4, 0.5) is 10.1 Å². The van der Waals surface area contributed by atoms with E-state index in [0.29, 0.717) is 6.42 Å². The summed E-state index contributed by atoms with van der Waals surface area (Å²) in [4.78, 5) is 10.4. The van der Waals surface area contributed by atoms with Gasteiger partial charge in [0.05, 0.1) is 23.2 Å². The Morgan fingerprint density at radius 2 is 2.28 bits per heavy atom. The minimum Gasteiger partial charge on any atom is -0.377 e. The molecular weight excluding hydrogens is 239 g/mol. The van der Waals surface area contributed by atoms with Gasteiger partial charge in [-0.1, -0.05) is 6.07 Å². The summed E-state index contributed by atoms with van der Waals surface area (Å²) < 4.78 is 19.3. The summed E-state index contributed by atoms with van der Waals surface area (Å²) in [6, 6.07) is 3.46. The molecule has 0 radical (unpaired) electrons. The fourth-order valence-electron chi connectivity index (χ4n) is 2.38. The maximum atomic E-state index is 13.9. The van der Waals surface area contributed by atoms with Crippen LogP contribution in [0.5, 0.6) is 0 Å². The van der Waals surface area contributed by atoms with Crippen molar-refractivity contribution in [3.05, 3.63) is 39.7 Å². The van der Waals surface area contributed by atoms with Gasteiger partial charge in [0.2, 0.25) is 0 Å². The fraction of sp³-hybridized carbons (Fsp3) is 0.500. The topological polar surface area (TPSA) is 78.4 Å². The summed E-state index contributed by atoms with van der Waals surface area (Å²) in [5.74, 6) is -0.950. The average Bonchev–Trinajstić information content (AvgIpc) is 2.32. The zero-order chi connectivity index (χ0) is 13.3. The molecule has 2 N–H and O–H groups in total. The lowest BCUT2D eigenvalue weighted by atomic mass is 9.84. The van der Waals surface area contributed by atoms with Crippen LogP contribution in [0, 0.1) is 15.9 Å². The standard InChI is InChI=1S/C12H15FN2O3/c1-7-5-8(10(14)6-18-7)12-9(13)3-2-4-11(12)15(16)17/h2-4,7-8,10H,5-6,14H2,1H3/t7-,8?,10-/m1/s1. The molecule has 0 bridgehead atoms. The number of halogens is 1. The number of nitro benzene ring substituents is 1. The highest BCUT2D eigenvalue weighted by molar-refractivity contribution is 5.44. The number of nitro groups is 1. The van der Waals surface area contributed by atoms with Crippen molar-refractivity contribution in [1.82, 2.24) is 0 Å². The largest absolute Gasteiger partial charge is 0.377 e. The highest BCUT2D eigenvalue weighted by Gasteiger charge is 2.34. The number of nitrogens with two attached hydrogens (primary N) is 1. The summed E-state index contributed by atoms with van der Waals surface area (Å²) in [6.07, 6.45) is 0.414. The van der Waals surface area contributed by atoms with E-state index in [0.717, 1.165) is 0 Å². The first kappa shape index (κ1) is 12.9. The molecule has 1 fully saturated rings. The van der Waals surface area contributed by atoms with E-state index in [1.165, 1.54) is 18.2 Å². The molecule has 6 heteroatoms. The second-order valence-electron chi connectivity index (χ2n) is 4.58. The molecule has 0 spiro atoms. The second-order valence-corrected chi connectivity index (χ2v) is 4.58. The van der Waals surface area contributed by atoms with E-state index in [-0.39, 0.29) is 29.9 Å². The van der Waals surface area contributed by atoms with E-state index < -0.39 is 16.8 Å². The Hall–Kier alpha value is -1.53. The Balaban J connectivity index is 2.45. The molecule has 0 aliphatic carbocycles. The Bertz CT molecular complexity index is 467. The van der Waals surface area contributed by atoms with Crippen molar-refractivity contribution in [1.29, 1.82) is 0 Å². The zero-order valence-electron chi connectivity index (χ0n) is 10.0. The lowest BCUT2D eigenvalue weighted by Gasteiger charge is -2.32. The number of ether oxygens (including phenoxy) is 1. The molecule has 1 aliphatic rings. The lowest BCUT2D eigenvalue weighted by molar-refractivity contribution is -0.386. The first-order chi connectivity index (χ1) is 8.50. The van der Waals surface area contributed by atoms with Crippen LogP contribution in [-0.4, -0.2) is 23.7 Å². The molecule has 0 aromatic heterocycles. The first-order valence-corrected chi connectivity index (χ1v) is 5.80. The van der Waals surface area contributed by atoms with Crippen LogP contribution in [0.25, 0.3) is 0 Å². The van der Waals surface area contributed by atoms with Crippen LogP contribution in [0.1, 0.15) is 24.8 Å². The monoisotopic (exact) mass is 254 g/mol. The molecule has 0 amide bonds. The molecule has 1 saturated heterocycles. The summed E-state index contributed by atoms with van der Waals surface area (Å²) in [7, 11) is 0. The van der Waals surface area contributed by atoms with Crippen molar-refractivity contribution in [2.75, 3.05) is 6.61 Å². The Labute approximate surface area is 104 Å². The van der Waals surface area contributed by atoms with Gasteiger partial charge in [0.15, 0.2) is 0 Å². The molecule has 5 nitrogen and oxygen atoms in total. The van der Waals surface area contributed by atoms with Crippen molar-refractivity contribution in [3.8, 4) is 0 Å². The smallest absolute Gasteiger partial charge is 0.275 e. The molecule has 2 rings (SSSR count). The maximum Gasteiger partial charge on any atom is 0.275 e. The van der Waals surface area contributed by atoms with Gasteiger partial charge < -0.3 is 10.5 Å². The number of hydrogen-bond donors (Lipinski definition) is 1. The van der Waals surface area contributed by atoms with E-state index in [1.807, 2.05) is 6.92 Å². The minimum absolute atomic E-state index is 0.0750. The number of rotatable bonds is 2. The molecule has 98 valence electrons. The Kier molecular flexibility index (Phi) is 3.58. The third-order valence-corrected chi connectivity index (χ3v) is 3.27. The van der Waals surface area contributed by atoms with E-state index >= 15 is 0 Å². The van der Waals surface area contributed by atoms with Gasteiger partial charge in [-0.05, 0) is 19.4 Å². The van der Waals surface area contributed by atoms with Crippen molar-refractivity contribution >= 4 is 5.69 Å². The van der Waals surface area contributed by atoms with E-state index in [4.69, 9.17) is 10.5 Å². The lowest BCUT2D eigenvalue weighted by Crippen LogP contribution is -2.41. The Morgan fingerprint density at radius 3 is 2.94 bits per heavy atom. The molecule has 1 aliphatic heterocycles. The van der Waals surface area contributed by atoms with Crippen LogP contribution < -0.4 is 5.73 Å². The summed E-state index contributed by atoms with van der Waals surface area (Å²) >= 11 is 0. The molecule has 0 saturated carbocycles. The minimum atomic E-state index is -0.571. The van der Waals surface area contributed by atoms with E-state index in [9.17, 15) is 14.5 Å². The molecule has 1 unspecified atom stereocenters. The zero-order valence-corrected chi connectivity index (χ0v) is 10.0. The fourth-order valence-corrected chi connectivity index (χ4v) is 2.38. The number of nitrogens with zero attached hydrogens (tertiary/aromatic N) is 1. The maximum absolute atomic E-state index is 13.9. The predicted molar refractivity (Wildman–Crippen MR) is 63.8 cm³/mol. The normalized spacial score (nSPS) is 28.1. The highest BCUT2D eigenvalue weighted by Crippen LogP contribution is 2.36. The molecule has 3 atom stereocenters. The van der Waals surface area contributed by atoms with Gasteiger partial charge >= 0.3 is 0 Å². The van der Waals surface area contributed by atoms with Gasteiger partial charge in [0.25, 0.3) is 5.69 Å². The quantitative estimate of drug-likeness (QED) is 0.646. The van der Waals surface area contributed by atoms with Gasteiger partial charge in [0, 0.05) is 18.0 Å². The van der Waals surface area contributed by atoms with E-state index in [2.05, 4.69) is 0 Å². The van der Waals surface area contributed by atoms with Crippen LogP contribution in [0.2, 0.25) is 0 Å². The summed E-state index contributed by atoms with van der Waals surface area (Å²) in [5, 5.41) is 11.0. The SMILES string of the molecule is C[C@@H]1CC(c2c(F)cccc2[N+](=O)[O-])[C@H](N)CO1. The van der Waals surface area contributed by atoms with Crippen LogP contribution in [0.3, 0.4) is 0 Å². The summed E-state index contributed by atoms with van der Waals surface area (Å²) in [6.45, 7) is 2.14. The third kappa shape index (κ3) is 2.34. The first-order valence-electron chi connectivity index (χ1n) is 5.80. The van der Waals surface area contributed by atoms with Gasteiger partial charge in [0.1, 0.15) is 5.82 Å². The molecule has 1 aromatic rings. The van der Waals surface area contributed by atoms with Gasteiger partial charge in [-0.3, -0.25) is 10.1 Å². The summed E-state index contributed by atoms with van der Waals surface area (Å²) in [5.41, 5.74) is 5.79. The molecule has 1 heterocycles. The van der Waals surface area contributed by atoms with Crippen LogP contribution >= 0.6 is 0 Å². The van der Waals surface area contributed by atoms with Crippen molar-refractivity contribution in [2.24, 2.45) is 5.73 Å². The van der Waals surface area contributed by atoms with Crippen molar-refractivity contribution in [2.45, 2.75) is 31.4 Å². The molecule has 1 aromatic carbocycles.